The van der Waals surface area contributed by atoms with E-state index in [0.29, 0.717) is 5.96 Å². The molecule has 0 spiro atoms. The van der Waals surface area contributed by atoms with E-state index in [0.717, 1.165) is 19.4 Å². The Balaban J connectivity index is 2.61. The van der Waals surface area contributed by atoms with E-state index in [2.05, 4.69) is 16.9 Å². The number of nitrogens with zero attached hydrogens (tertiary/aromatic N) is 3. The first-order valence-corrected chi connectivity index (χ1v) is 4.67. The number of guanidine groups is 2. The summed E-state index contributed by atoms with van der Waals surface area (Å²) in [6.07, 6.45) is 2.08. The molecular formula is C7H14ClN5. The van der Waals surface area contributed by atoms with Crippen LogP contribution in [0.4, 0.5) is 0 Å². The van der Waals surface area contributed by atoms with Crippen LogP contribution in [-0.2, 0) is 0 Å². The summed E-state index contributed by atoms with van der Waals surface area (Å²) in [4.78, 5) is 9.44. The van der Waals surface area contributed by atoms with Crippen LogP contribution in [0.1, 0.15) is 19.8 Å². The molecule has 1 atom stereocenters. The lowest BCUT2D eigenvalue weighted by atomic mass is 10.3. The first-order chi connectivity index (χ1) is 6.15. The summed E-state index contributed by atoms with van der Waals surface area (Å²) in [5, 5.41) is 0. The zero-order chi connectivity index (χ0) is 9.84. The summed E-state index contributed by atoms with van der Waals surface area (Å²) in [6, 6.07) is 0. The summed E-state index contributed by atoms with van der Waals surface area (Å²) in [6.45, 7) is 2.86. The van der Waals surface area contributed by atoms with Crippen molar-refractivity contribution in [3.63, 3.8) is 0 Å². The topological polar surface area (TPSA) is 80.0 Å². The van der Waals surface area contributed by atoms with Gasteiger partial charge in [0.1, 0.15) is 0 Å². The predicted molar refractivity (Wildman–Crippen MR) is 54.5 cm³/mol. The number of aliphatic imine (C=N–C) groups is 2. The third kappa shape index (κ3) is 2.48. The van der Waals surface area contributed by atoms with E-state index in [-0.39, 0.29) is 5.96 Å². The maximum Gasteiger partial charge on any atom is 0.221 e. The number of hydrogen-bond donors (Lipinski definition) is 2. The molecule has 13 heavy (non-hydrogen) atoms. The Hall–Kier alpha value is -0.970. The average molecular weight is 204 g/mol. The van der Waals surface area contributed by atoms with E-state index in [1.807, 2.05) is 0 Å². The van der Waals surface area contributed by atoms with Crippen molar-refractivity contribution in [2.24, 2.45) is 21.5 Å². The molecule has 74 valence electrons. The fourth-order valence-electron chi connectivity index (χ4n) is 1.05. The fourth-order valence-corrected chi connectivity index (χ4v) is 1.35. The van der Waals surface area contributed by atoms with Gasteiger partial charge in [-0.15, -0.1) is 0 Å². The minimum absolute atomic E-state index is 0.144. The van der Waals surface area contributed by atoms with Gasteiger partial charge < -0.3 is 16.4 Å². The summed E-state index contributed by atoms with van der Waals surface area (Å²) in [5.74, 6) is 0.492. The van der Waals surface area contributed by atoms with Gasteiger partial charge in [-0.25, -0.2) is 4.99 Å². The Morgan fingerprint density at radius 2 is 2.23 bits per heavy atom. The van der Waals surface area contributed by atoms with Crippen LogP contribution in [0.5, 0.6) is 0 Å². The first kappa shape index (κ1) is 10.1. The molecule has 6 heteroatoms. The minimum atomic E-state index is -0.510. The predicted octanol–water partition coefficient (Wildman–Crippen LogP) is 0.254. The number of alkyl halides is 1. The standard InChI is InChI=1S/C7H14ClN5/c1-2-3-4-13-5(8)11-6(9)12-7(13)10/h5H,2-4H2,1H3,(H4,9,10,11,12). The van der Waals surface area contributed by atoms with Crippen molar-refractivity contribution in [3.8, 4) is 0 Å². The van der Waals surface area contributed by atoms with Crippen LogP contribution in [0.15, 0.2) is 9.98 Å². The highest BCUT2D eigenvalue weighted by Crippen LogP contribution is 2.11. The van der Waals surface area contributed by atoms with Crippen molar-refractivity contribution < 1.29 is 0 Å². The van der Waals surface area contributed by atoms with E-state index >= 15 is 0 Å². The Morgan fingerprint density at radius 3 is 2.77 bits per heavy atom. The lowest BCUT2D eigenvalue weighted by molar-refractivity contribution is 0.378. The number of hydrogen-bond acceptors (Lipinski definition) is 5. The maximum absolute atomic E-state index is 5.91. The second kappa shape index (κ2) is 4.32. The summed E-state index contributed by atoms with van der Waals surface area (Å²) < 4.78 is 0. The molecule has 0 fully saturated rings. The molecule has 0 bridgehead atoms. The number of nitrogens with two attached hydrogens (primary N) is 2. The number of unbranched alkanes of at least 4 members (excludes halogenated alkanes) is 1. The second-order valence-corrected chi connectivity index (χ2v) is 3.21. The molecule has 1 unspecified atom stereocenters. The summed E-state index contributed by atoms with van der Waals surface area (Å²) >= 11 is 5.91. The van der Waals surface area contributed by atoms with E-state index in [9.17, 15) is 0 Å². The van der Waals surface area contributed by atoms with Crippen molar-refractivity contribution in [1.82, 2.24) is 4.90 Å². The van der Waals surface area contributed by atoms with Crippen LogP contribution >= 0.6 is 11.6 Å². The second-order valence-electron chi connectivity index (χ2n) is 2.81. The molecule has 0 radical (unpaired) electrons. The molecule has 0 saturated heterocycles. The highest BCUT2D eigenvalue weighted by Gasteiger charge is 2.20. The van der Waals surface area contributed by atoms with E-state index in [1.54, 1.807) is 4.90 Å². The van der Waals surface area contributed by atoms with Gasteiger partial charge in [-0.1, -0.05) is 24.9 Å². The molecular weight excluding hydrogens is 190 g/mol. The molecule has 0 aromatic rings. The Labute approximate surface area is 82.5 Å². The van der Waals surface area contributed by atoms with Crippen molar-refractivity contribution in [2.45, 2.75) is 25.4 Å². The molecule has 1 heterocycles. The largest absolute Gasteiger partial charge is 0.369 e. The van der Waals surface area contributed by atoms with Gasteiger partial charge in [0, 0.05) is 6.54 Å². The van der Waals surface area contributed by atoms with Crippen molar-refractivity contribution in [1.29, 1.82) is 0 Å². The highest BCUT2D eigenvalue weighted by molar-refractivity contribution is 6.22. The SMILES string of the molecule is CCCCN1C(N)=NC(N)=NC1Cl. The van der Waals surface area contributed by atoms with Gasteiger partial charge in [0.05, 0.1) is 0 Å². The van der Waals surface area contributed by atoms with Gasteiger partial charge in [0.2, 0.25) is 17.5 Å². The molecule has 1 aliphatic heterocycles. The third-order valence-electron chi connectivity index (χ3n) is 1.77. The minimum Gasteiger partial charge on any atom is -0.369 e. The van der Waals surface area contributed by atoms with Gasteiger partial charge >= 0.3 is 0 Å². The number of halogens is 1. The highest BCUT2D eigenvalue weighted by atomic mass is 35.5. The van der Waals surface area contributed by atoms with E-state index < -0.39 is 5.62 Å². The Kier molecular flexibility index (Phi) is 3.36. The normalized spacial score (nSPS) is 22.6. The van der Waals surface area contributed by atoms with E-state index in [4.69, 9.17) is 23.1 Å². The van der Waals surface area contributed by atoms with Gasteiger partial charge in [0.25, 0.3) is 0 Å². The van der Waals surface area contributed by atoms with E-state index in [1.165, 1.54) is 0 Å². The lowest BCUT2D eigenvalue weighted by Gasteiger charge is -2.28. The molecule has 5 nitrogen and oxygen atoms in total. The van der Waals surface area contributed by atoms with Crippen LogP contribution in [0.25, 0.3) is 0 Å². The van der Waals surface area contributed by atoms with Gasteiger partial charge in [-0.05, 0) is 6.42 Å². The van der Waals surface area contributed by atoms with Gasteiger partial charge in [0.15, 0.2) is 0 Å². The Morgan fingerprint density at radius 1 is 1.54 bits per heavy atom. The molecule has 0 amide bonds. The lowest BCUT2D eigenvalue weighted by Crippen LogP contribution is -2.46. The molecule has 1 rings (SSSR count). The van der Waals surface area contributed by atoms with Crippen molar-refractivity contribution in [3.05, 3.63) is 0 Å². The van der Waals surface area contributed by atoms with Gasteiger partial charge in [-0.3, -0.25) is 0 Å². The molecule has 0 aliphatic carbocycles. The van der Waals surface area contributed by atoms with Crippen LogP contribution < -0.4 is 11.5 Å². The maximum atomic E-state index is 5.91. The van der Waals surface area contributed by atoms with Crippen LogP contribution in [-0.4, -0.2) is 29.0 Å². The summed E-state index contributed by atoms with van der Waals surface area (Å²) in [7, 11) is 0. The molecule has 4 N–H and O–H groups in total. The fraction of sp³-hybridized carbons (Fsp3) is 0.714. The molecule has 0 aromatic heterocycles. The van der Waals surface area contributed by atoms with Crippen molar-refractivity contribution in [2.75, 3.05) is 6.54 Å². The number of rotatable bonds is 3. The quantitative estimate of drug-likeness (QED) is 0.510. The van der Waals surface area contributed by atoms with Crippen LogP contribution in [0.3, 0.4) is 0 Å². The molecule has 1 aliphatic rings. The van der Waals surface area contributed by atoms with Crippen molar-refractivity contribution >= 4 is 23.5 Å². The molecule has 0 saturated carbocycles. The third-order valence-corrected chi connectivity index (χ3v) is 2.11. The zero-order valence-corrected chi connectivity index (χ0v) is 8.33. The zero-order valence-electron chi connectivity index (χ0n) is 7.57. The molecule has 0 aromatic carbocycles. The summed E-state index contributed by atoms with van der Waals surface area (Å²) in [5.41, 5.74) is 10.5. The first-order valence-electron chi connectivity index (χ1n) is 4.23. The van der Waals surface area contributed by atoms with Crippen LogP contribution in [0, 0.1) is 0 Å². The smallest absolute Gasteiger partial charge is 0.221 e. The van der Waals surface area contributed by atoms with Crippen LogP contribution in [0.2, 0.25) is 0 Å². The van der Waals surface area contributed by atoms with Gasteiger partial charge in [-0.2, -0.15) is 4.99 Å². The monoisotopic (exact) mass is 203 g/mol. The average Bonchev–Trinajstić information content (AvgIpc) is 2.02. The Bertz CT molecular complexity index is 237.